The van der Waals surface area contributed by atoms with Gasteiger partial charge in [-0.3, -0.25) is 14.4 Å². The number of hydrogen-bond donors (Lipinski definition) is 3. The van der Waals surface area contributed by atoms with Gasteiger partial charge in [-0.2, -0.15) is 0 Å². The molecule has 0 radical (unpaired) electrons. The fraction of sp³-hybridized carbons (Fsp3) is 0.630. The highest BCUT2D eigenvalue weighted by atomic mass is 16.6. The van der Waals surface area contributed by atoms with Gasteiger partial charge in [0.15, 0.2) is 0 Å². The van der Waals surface area contributed by atoms with Crippen LogP contribution < -0.4 is 16.4 Å². The minimum absolute atomic E-state index is 0.0318. The molecule has 0 aliphatic rings. The van der Waals surface area contributed by atoms with Crippen LogP contribution in [0.3, 0.4) is 0 Å². The second kappa shape index (κ2) is 12.7. The van der Waals surface area contributed by atoms with Crippen LogP contribution in [-0.2, 0) is 19.1 Å². The SMILES string of the molecule is CCC(C)(C)N(C(=O)C(CCC(N)=O)NC(=O)OC(C)(C)C)C(C(=O)NC(C)C)c1ccccc1C. The fourth-order valence-corrected chi connectivity index (χ4v) is 3.76. The molecule has 0 fully saturated rings. The molecule has 2 unspecified atom stereocenters. The summed E-state index contributed by atoms with van der Waals surface area (Å²) in [6.45, 7) is 16.4. The maximum atomic E-state index is 14.2. The van der Waals surface area contributed by atoms with E-state index in [9.17, 15) is 19.2 Å². The smallest absolute Gasteiger partial charge is 0.408 e. The highest BCUT2D eigenvalue weighted by molar-refractivity contribution is 5.93. The van der Waals surface area contributed by atoms with Gasteiger partial charge in [0.2, 0.25) is 17.7 Å². The second-order valence-corrected chi connectivity index (χ2v) is 11.0. The van der Waals surface area contributed by atoms with Crippen LogP contribution in [0.25, 0.3) is 0 Å². The highest BCUT2D eigenvalue weighted by Crippen LogP contribution is 2.34. The summed E-state index contributed by atoms with van der Waals surface area (Å²) >= 11 is 0. The summed E-state index contributed by atoms with van der Waals surface area (Å²) in [5.74, 6) is -1.44. The first-order chi connectivity index (χ1) is 16.5. The van der Waals surface area contributed by atoms with E-state index in [1.165, 1.54) is 4.90 Å². The zero-order valence-corrected chi connectivity index (χ0v) is 23.2. The number of carbonyl (C=O) groups is 4. The van der Waals surface area contributed by atoms with Crippen LogP contribution in [-0.4, -0.2) is 51.9 Å². The van der Waals surface area contributed by atoms with E-state index in [1.54, 1.807) is 20.8 Å². The number of primary amides is 1. The third kappa shape index (κ3) is 9.17. The molecule has 202 valence electrons. The molecule has 0 aromatic heterocycles. The Morgan fingerprint density at radius 3 is 2.08 bits per heavy atom. The summed E-state index contributed by atoms with van der Waals surface area (Å²) in [5, 5.41) is 5.56. The average Bonchev–Trinajstić information content (AvgIpc) is 2.73. The summed E-state index contributed by atoms with van der Waals surface area (Å²) in [6.07, 6.45) is -0.417. The number of aryl methyl sites for hydroxylation is 1. The fourth-order valence-electron chi connectivity index (χ4n) is 3.76. The van der Waals surface area contributed by atoms with Crippen molar-refractivity contribution in [2.75, 3.05) is 0 Å². The summed E-state index contributed by atoms with van der Waals surface area (Å²) in [6, 6.07) is 5.15. The normalized spacial score (nSPS) is 13.5. The number of alkyl carbamates (subject to hydrolysis) is 1. The lowest BCUT2D eigenvalue weighted by molar-refractivity contribution is -0.149. The average molecular weight is 505 g/mol. The number of nitrogens with two attached hydrogens (primary N) is 1. The van der Waals surface area contributed by atoms with Crippen LogP contribution in [0.5, 0.6) is 0 Å². The summed E-state index contributed by atoms with van der Waals surface area (Å²) in [7, 11) is 0. The molecule has 1 aromatic rings. The molecule has 4 amide bonds. The van der Waals surface area contributed by atoms with Gasteiger partial charge in [-0.25, -0.2) is 4.79 Å². The number of nitrogens with zero attached hydrogens (tertiary/aromatic N) is 1. The van der Waals surface area contributed by atoms with Crippen molar-refractivity contribution in [1.29, 1.82) is 0 Å². The van der Waals surface area contributed by atoms with Gasteiger partial charge in [0.25, 0.3) is 0 Å². The van der Waals surface area contributed by atoms with Gasteiger partial charge in [-0.15, -0.1) is 0 Å². The Kier molecular flexibility index (Phi) is 10.9. The minimum Gasteiger partial charge on any atom is -0.444 e. The van der Waals surface area contributed by atoms with Gasteiger partial charge in [0, 0.05) is 18.0 Å². The van der Waals surface area contributed by atoms with E-state index >= 15 is 0 Å². The van der Waals surface area contributed by atoms with Gasteiger partial charge in [0.05, 0.1) is 0 Å². The molecule has 0 saturated carbocycles. The molecule has 0 bridgehead atoms. The number of hydrogen-bond acceptors (Lipinski definition) is 5. The monoisotopic (exact) mass is 504 g/mol. The first kappa shape index (κ1) is 30.9. The molecule has 4 N–H and O–H groups in total. The lowest BCUT2D eigenvalue weighted by Crippen LogP contribution is -2.59. The zero-order chi connectivity index (χ0) is 27.8. The predicted molar refractivity (Wildman–Crippen MR) is 140 cm³/mol. The molecule has 0 saturated heterocycles. The lowest BCUT2D eigenvalue weighted by Gasteiger charge is -2.45. The van der Waals surface area contributed by atoms with E-state index < -0.39 is 41.1 Å². The van der Waals surface area contributed by atoms with E-state index in [-0.39, 0.29) is 24.8 Å². The number of nitrogens with one attached hydrogen (secondary N) is 2. The molecule has 1 aromatic carbocycles. The topological polar surface area (TPSA) is 131 Å². The molecule has 0 heterocycles. The van der Waals surface area contributed by atoms with Crippen LogP contribution >= 0.6 is 0 Å². The molecule has 0 aliphatic heterocycles. The van der Waals surface area contributed by atoms with Crippen LogP contribution in [0.4, 0.5) is 4.79 Å². The molecule has 9 nitrogen and oxygen atoms in total. The van der Waals surface area contributed by atoms with Crippen LogP contribution in [0.1, 0.15) is 91.8 Å². The molecule has 1 rings (SSSR count). The molecule has 0 aliphatic carbocycles. The quantitative estimate of drug-likeness (QED) is 0.423. The Morgan fingerprint density at radius 1 is 1.03 bits per heavy atom. The van der Waals surface area contributed by atoms with Crippen molar-refractivity contribution in [3.63, 3.8) is 0 Å². The number of ether oxygens (including phenoxy) is 1. The van der Waals surface area contributed by atoms with Crippen molar-refractivity contribution in [2.24, 2.45) is 5.73 Å². The van der Waals surface area contributed by atoms with Crippen molar-refractivity contribution in [2.45, 2.75) is 111 Å². The lowest BCUT2D eigenvalue weighted by atomic mass is 9.90. The first-order valence-corrected chi connectivity index (χ1v) is 12.5. The number of rotatable bonds is 11. The zero-order valence-electron chi connectivity index (χ0n) is 23.2. The number of carbonyl (C=O) groups excluding carboxylic acids is 4. The Balaban J connectivity index is 3.66. The second-order valence-electron chi connectivity index (χ2n) is 11.0. The largest absolute Gasteiger partial charge is 0.444 e. The molecule has 9 heteroatoms. The number of amides is 4. The highest BCUT2D eigenvalue weighted by Gasteiger charge is 2.43. The third-order valence-corrected chi connectivity index (χ3v) is 5.84. The maximum Gasteiger partial charge on any atom is 0.408 e. The Hall–Kier alpha value is -3.10. The van der Waals surface area contributed by atoms with Gasteiger partial charge < -0.3 is 26.0 Å². The van der Waals surface area contributed by atoms with E-state index in [4.69, 9.17) is 10.5 Å². The summed E-state index contributed by atoms with van der Waals surface area (Å²) in [5.41, 5.74) is 5.32. The predicted octanol–water partition coefficient (Wildman–Crippen LogP) is 3.74. The van der Waals surface area contributed by atoms with Crippen molar-refractivity contribution >= 4 is 23.8 Å². The van der Waals surface area contributed by atoms with Crippen LogP contribution in [0.2, 0.25) is 0 Å². The van der Waals surface area contributed by atoms with Crippen molar-refractivity contribution in [3.05, 3.63) is 35.4 Å². The Labute approximate surface area is 215 Å². The number of benzene rings is 1. The van der Waals surface area contributed by atoms with Gasteiger partial charge in [-0.05, 0) is 79.4 Å². The standard InChI is InChI=1S/C27H44N4O5/c1-10-27(8,9)31(22(23(33)29-17(2)3)19-14-12-11-13-18(19)4)24(34)20(15-16-21(28)32)30-25(35)36-26(5,6)7/h11-14,17,20,22H,10,15-16H2,1-9H3,(H2,28,32)(H,29,33)(H,30,35). The summed E-state index contributed by atoms with van der Waals surface area (Å²) in [4.78, 5) is 53.6. The maximum absolute atomic E-state index is 14.2. The molecular formula is C27H44N4O5. The minimum atomic E-state index is -1.13. The molecular weight excluding hydrogens is 460 g/mol. The van der Waals surface area contributed by atoms with Gasteiger partial charge in [-0.1, -0.05) is 31.2 Å². The van der Waals surface area contributed by atoms with E-state index in [1.807, 2.05) is 65.8 Å². The summed E-state index contributed by atoms with van der Waals surface area (Å²) < 4.78 is 5.36. The van der Waals surface area contributed by atoms with Gasteiger partial charge >= 0.3 is 6.09 Å². The van der Waals surface area contributed by atoms with E-state index in [0.717, 1.165) is 5.56 Å². The molecule has 0 spiro atoms. The van der Waals surface area contributed by atoms with Crippen LogP contribution in [0, 0.1) is 6.92 Å². The van der Waals surface area contributed by atoms with Crippen LogP contribution in [0.15, 0.2) is 24.3 Å². The third-order valence-electron chi connectivity index (χ3n) is 5.84. The Morgan fingerprint density at radius 2 is 1.61 bits per heavy atom. The molecule has 2 atom stereocenters. The molecule has 36 heavy (non-hydrogen) atoms. The van der Waals surface area contributed by atoms with Crippen molar-refractivity contribution in [1.82, 2.24) is 15.5 Å². The Bertz CT molecular complexity index is 936. The van der Waals surface area contributed by atoms with Crippen molar-refractivity contribution < 1.29 is 23.9 Å². The van der Waals surface area contributed by atoms with Crippen molar-refractivity contribution in [3.8, 4) is 0 Å². The van der Waals surface area contributed by atoms with E-state index in [2.05, 4.69) is 10.6 Å². The van der Waals surface area contributed by atoms with Gasteiger partial charge in [0.1, 0.15) is 17.7 Å². The first-order valence-electron chi connectivity index (χ1n) is 12.5. The van der Waals surface area contributed by atoms with E-state index in [0.29, 0.717) is 12.0 Å².